The predicted molar refractivity (Wildman–Crippen MR) is 121 cm³/mol. The van der Waals surface area contributed by atoms with Crippen molar-refractivity contribution in [3.8, 4) is 0 Å². The summed E-state index contributed by atoms with van der Waals surface area (Å²) < 4.78 is 1.16. The Labute approximate surface area is 174 Å². The van der Waals surface area contributed by atoms with Gasteiger partial charge in [0.15, 0.2) is 0 Å². The molecule has 2 unspecified atom stereocenters. The maximum absolute atomic E-state index is 5.08. The molecule has 0 aromatic heterocycles. The molecular weight excluding hydrogens is 388 g/mol. The van der Waals surface area contributed by atoms with Crippen molar-refractivity contribution < 1.29 is 0 Å². The van der Waals surface area contributed by atoms with Gasteiger partial charge < -0.3 is 10.9 Å². The molecule has 25 heavy (non-hydrogen) atoms. The molecule has 0 spiro atoms. The Hall–Kier alpha value is 0.400. The lowest BCUT2D eigenvalue weighted by Gasteiger charge is -2.36. The van der Waals surface area contributed by atoms with Crippen LogP contribution in [0.2, 0.25) is 0 Å². The lowest BCUT2D eigenvalue weighted by molar-refractivity contribution is 0.105. The first-order chi connectivity index (χ1) is 12.1. The zero-order chi connectivity index (χ0) is 18.1. The molecule has 144 valence electrons. The van der Waals surface area contributed by atoms with E-state index in [1.165, 1.54) is 70.6 Å². The van der Waals surface area contributed by atoms with Crippen molar-refractivity contribution in [2.24, 2.45) is 0 Å². The van der Waals surface area contributed by atoms with Crippen LogP contribution in [0.1, 0.15) is 70.6 Å². The summed E-state index contributed by atoms with van der Waals surface area (Å²) in [6, 6.07) is 1.21. The van der Waals surface area contributed by atoms with E-state index in [2.05, 4.69) is 46.1 Å². The zero-order valence-corrected chi connectivity index (χ0v) is 18.4. The molecule has 2 aliphatic heterocycles. The van der Waals surface area contributed by atoms with E-state index in [1.807, 2.05) is 0 Å². The summed E-state index contributed by atoms with van der Waals surface area (Å²) in [4.78, 5) is 0. The number of piperidine rings is 2. The van der Waals surface area contributed by atoms with Crippen molar-refractivity contribution in [3.05, 3.63) is 0 Å². The van der Waals surface area contributed by atoms with Crippen LogP contribution in [-0.4, -0.2) is 43.8 Å². The molecule has 2 saturated heterocycles. The van der Waals surface area contributed by atoms with E-state index in [9.17, 15) is 0 Å². The van der Waals surface area contributed by atoms with E-state index in [1.54, 1.807) is 0 Å². The van der Waals surface area contributed by atoms with Crippen LogP contribution in [0, 0.1) is 0 Å². The van der Waals surface area contributed by atoms with E-state index in [0.29, 0.717) is 20.7 Å². The van der Waals surface area contributed by atoms with E-state index < -0.39 is 0 Å². The number of nitrogens with one attached hydrogen (secondary N) is 2. The Kier molecular flexibility index (Phi) is 10.4. The van der Waals surface area contributed by atoms with Crippen LogP contribution >= 0.6 is 49.7 Å². The van der Waals surface area contributed by atoms with Crippen molar-refractivity contribution in [3.63, 3.8) is 0 Å². The molecule has 0 bridgehead atoms. The van der Waals surface area contributed by atoms with Crippen molar-refractivity contribution in [1.82, 2.24) is 20.9 Å². The van der Waals surface area contributed by atoms with Gasteiger partial charge in [0.2, 0.25) is 0 Å². The molecule has 2 fully saturated rings. The molecule has 0 aromatic rings. The van der Waals surface area contributed by atoms with E-state index in [0.717, 1.165) is 13.1 Å². The van der Waals surface area contributed by atoms with E-state index in [-0.39, 0.29) is 0 Å². The van der Waals surface area contributed by atoms with Crippen molar-refractivity contribution >= 4 is 58.3 Å². The minimum Gasteiger partial charge on any atom is -0.304 e. The fraction of sp³-hybridized carbons (Fsp3) is 0.882. The van der Waals surface area contributed by atoms with Crippen LogP contribution in [0.15, 0.2) is 0 Å². The third kappa shape index (κ3) is 8.30. The molecule has 4 nitrogen and oxygen atoms in total. The lowest BCUT2D eigenvalue weighted by Crippen LogP contribution is -2.49. The summed E-state index contributed by atoms with van der Waals surface area (Å²) >= 11 is 18.6. The second kappa shape index (κ2) is 12.0. The van der Waals surface area contributed by atoms with Crippen LogP contribution in [0.3, 0.4) is 0 Å². The molecule has 0 saturated carbocycles. The normalized spacial score (nSPS) is 25.5. The van der Waals surface area contributed by atoms with E-state index in [4.69, 9.17) is 24.4 Å². The molecule has 0 amide bonds. The minimum absolute atomic E-state index is 0.582. The smallest absolute Gasteiger partial charge is 0.145 e. The average Bonchev–Trinajstić information content (AvgIpc) is 2.56. The summed E-state index contributed by atoms with van der Waals surface area (Å²) in [5, 5.41) is 4.61. The molecule has 0 radical (unpaired) electrons. The highest BCUT2D eigenvalue weighted by Gasteiger charge is 2.23. The number of thiocarbonyl (C=S) groups is 2. The third-order valence-corrected chi connectivity index (χ3v) is 5.69. The first-order valence-corrected chi connectivity index (χ1v) is 11.3. The standard InChI is InChI=1S/C17H32N4S4/c22-16(23)18-20-12-6-4-10-14(20)8-2-1-3-9-15-11-5-7-13-21(15)19-17(24)25/h14-15H,1-13H2,(H2,18,22,23)(H2,19,24,25). The topological polar surface area (TPSA) is 30.5 Å². The Morgan fingerprint density at radius 2 is 1.20 bits per heavy atom. The van der Waals surface area contributed by atoms with Crippen LogP contribution in [0.25, 0.3) is 0 Å². The van der Waals surface area contributed by atoms with Crippen molar-refractivity contribution in [1.29, 1.82) is 0 Å². The van der Waals surface area contributed by atoms with Gasteiger partial charge in [-0.3, -0.25) is 0 Å². The summed E-state index contributed by atoms with van der Waals surface area (Å²) in [5.41, 5.74) is 6.49. The summed E-state index contributed by atoms with van der Waals surface area (Å²) in [6.07, 6.45) is 14.0. The number of nitrogens with zero attached hydrogens (tertiary/aromatic N) is 2. The molecule has 2 N–H and O–H groups in total. The largest absolute Gasteiger partial charge is 0.304 e. The van der Waals surface area contributed by atoms with Gasteiger partial charge in [-0.1, -0.05) is 56.5 Å². The highest BCUT2D eigenvalue weighted by atomic mass is 32.1. The van der Waals surface area contributed by atoms with Crippen molar-refractivity contribution in [2.45, 2.75) is 82.7 Å². The van der Waals surface area contributed by atoms with Gasteiger partial charge in [-0.25, -0.2) is 10.0 Å². The van der Waals surface area contributed by atoms with E-state index >= 15 is 0 Å². The van der Waals surface area contributed by atoms with Gasteiger partial charge in [-0.2, -0.15) is 0 Å². The first-order valence-electron chi connectivity index (χ1n) is 9.58. The number of thiol groups is 2. The van der Waals surface area contributed by atoms with Crippen LogP contribution in [-0.2, 0) is 0 Å². The highest BCUT2D eigenvalue weighted by molar-refractivity contribution is 8.11. The maximum atomic E-state index is 5.08. The molecule has 2 aliphatic rings. The monoisotopic (exact) mass is 420 g/mol. The second-order valence-corrected chi connectivity index (χ2v) is 9.47. The number of unbranched alkanes of at least 4 members (excludes halogenated alkanes) is 2. The van der Waals surface area contributed by atoms with Gasteiger partial charge in [0.25, 0.3) is 0 Å². The van der Waals surface area contributed by atoms with Crippen LogP contribution in [0.4, 0.5) is 0 Å². The third-order valence-electron chi connectivity index (χ3n) is 5.31. The molecule has 2 atom stereocenters. The fourth-order valence-electron chi connectivity index (χ4n) is 4.08. The van der Waals surface area contributed by atoms with Crippen LogP contribution < -0.4 is 10.9 Å². The molecule has 8 heteroatoms. The summed E-state index contributed by atoms with van der Waals surface area (Å²) in [5.74, 6) is 0. The van der Waals surface area contributed by atoms with Gasteiger partial charge in [-0.15, -0.1) is 25.3 Å². The number of hydrogen-bond donors (Lipinski definition) is 4. The van der Waals surface area contributed by atoms with Gasteiger partial charge in [0.05, 0.1) is 0 Å². The maximum Gasteiger partial charge on any atom is 0.145 e. The zero-order valence-electron chi connectivity index (χ0n) is 15.0. The predicted octanol–water partition coefficient (Wildman–Crippen LogP) is 4.08. The SMILES string of the molecule is S=C(S)NN1CCCCC1CCCCCC1CCCCN1NC(=S)S. The molecule has 2 rings (SSSR count). The number of rotatable bonds is 8. The quantitative estimate of drug-likeness (QED) is 0.269. The average molecular weight is 421 g/mol. The Balaban J connectivity index is 1.64. The lowest BCUT2D eigenvalue weighted by atomic mass is 9.95. The van der Waals surface area contributed by atoms with Gasteiger partial charge >= 0.3 is 0 Å². The number of hydrogen-bond acceptors (Lipinski definition) is 4. The Morgan fingerprint density at radius 3 is 1.60 bits per heavy atom. The van der Waals surface area contributed by atoms with Gasteiger partial charge in [0, 0.05) is 25.2 Å². The number of hydrazine groups is 2. The van der Waals surface area contributed by atoms with Gasteiger partial charge in [0.1, 0.15) is 8.64 Å². The minimum atomic E-state index is 0.582. The van der Waals surface area contributed by atoms with Crippen molar-refractivity contribution in [2.75, 3.05) is 13.1 Å². The Morgan fingerprint density at radius 1 is 0.760 bits per heavy atom. The second-order valence-electron chi connectivity index (χ2n) is 7.16. The summed E-state index contributed by atoms with van der Waals surface area (Å²) in [6.45, 7) is 2.16. The molecule has 0 aliphatic carbocycles. The first kappa shape index (κ1) is 21.7. The fourth-order valence-corrected chi connectivity index (χ4v) is 4.57. The molecular formula is C17H32N4S4. The van der Waals surface area contributed by atoms with Gasteiger partial charge in [-0.05, 0) is 38.5 Å². The molecule has 2 heterocycles. The van der Waals surface area contributed by atoms with Crippen LogP contribution in [0.5, 0.6) is 0 Å². The molecule has 0 aromatic carbocycles. The summed E-state index contributed by atoms with van der Waals surface area (Å²) in [7, 11) is 0. The highest BCUT2D eigenvalue weighted by Crippen LogP contribution is 2.23. The Bertz CT molecular complexity index is 397.